The zero-order valence-electron chi connectivity index (χ0n) is 18.2. The summed E-state index contributed by atoms with van der Waals surface area (Å²) < 4.78 is 58.2. The van der Waals surface area contributed by atoms with E-state index >= 15 is 0 Å². The lowest BCUT2D eigenvalue weighted by atomic mass is 10.1. The number of hydrazone groups is 1. The van der Waals surface area contributed by atoms with E-state index in [1.54, 1.807) is 30.3 Å². The highest BCUT2D eigenvalue weighted by atomic mass is 19.4. The van der Waals surface area contributed by atoms with Gasteiger partial charge in [-0.05, 0) is 42.8 Å². The van der Waals surface area contributed by atoms with Gasteiger partial charge in [0.15, 0.2) is 11.6 Å². The molecule has 11 heteroatoms. The van der Waals surface area contributed by atoms with Crippen LogP contribution >= 0.6 is 0 Å². The van der Waals surface area contributed by atoms with Crippen molar-refractivity contribution in [2.24, 2.45) is 5.10 Å². The summed E-state index contributed by atoms with van der Waals surface area (Å²) in [5, 5.41) is 7.03. The Kier molecular flexibility index (Phi) is 6.92. The van der Waals surface area contributed by atoms with Gasteiger partial charge < -0.3 is 15.0 Å². The van der Waals surface area contributed by atoms with Crippen molar-refractivity contribution >= 4 is 29.4 Å². The number of benzene rings is 2. The maximum Gasteiger partial charge on any atom is 0.416 e. The van der Waals surface area contributed by atoms with Crippen LogP contribution in [0.5, 0.6) is 0 Å². The van der Waals surface area contributed by atoms with Crippen LogP contribution in [0.25, 0.3) is 0 Å². The summed E-state index contributed by atoms with van der Waals surface area (Å²) in [4.78, 5) is 9.97. The van der Waals surface area contributed by atoms with E-state index in [9.17, 15) is 17.6 Å². The minimum atomic E-state index is -4.40. The first kappa shape index (κ1) is 23.4. The van der Waals surface area contributed by atoms with Crippen molar-refractivity contribution < 1.29 is 22.3 Å². The Morgan fingerprint density at radius 3 is 2.68 bits per heavy atom. The molecule has 0 aliphatic carbocycles. The third-order valence-corrected chi connectivity index (χ3v) is 5.13. The number of anilines is 4. The molecule has 178 valence electrons. The minimum Gasteiger partial charge on any atom is -0.377 e. The van der Waals surface area contributed by atoms with E-state index in [-0.39, 0.29) is 17.8 Å². The monoisotopic (exact) mass is 474 g/mol. The Labute approximate surface area is 193 Å². The predicted octanol–water partition coefficient (Wildman–Crippen LogP) is 5.05. The number of nitrogens with zero attached hydrogens (tertiary/aromatic N) is 4. The van der Waals surface area contributed by atoms with Crippen LogP contribution in [0.3, 0.4) is 0 Å². The van der Waals surface area contributed by atoms with Gasteiger partial charge in [0.05, 0.1) is 37.2 Å². The molecule has 1 aliphatic heterocycles. The molecule has 1 saturated heterocycles. The molecular weight excluding hydrogens is 452 g/mol. The third-order valence-electron chi connectivity index (χ3n) is 5.13. The van der Waals surface area contributed by atoms with Gasteiger partial charge in [-0.2, -0.15) is 23.3 Å². The molecule has 1 aliphatic rings. The molecule has 3 aromatic rings. The molecule has 1 aromatic heterocycles. The second-order valence-electron chi connectivity index (χ2n) is 7.68. The third kappa shape index (κ3) is 5.79. The lowest BCUT2D eigenvalue weighted by Crippen LogP contribution is -2.44. The number of aromatic nitrogens is 2. The van der Waals surface area contributed by atoms with E-state index < -0.39 is 17.6 Å². The Balaban J connectivity index is 1.38. The first-order valence-corrected chi connectivity index (χ1v) is 10.5. The topological polar surface area (TPSA) is 74.7 Å². The molecule has 2 heterocycles. The number of ether oxygens (including phenoxy) is 1. The van der Waals surface area contributed by atoms with Crippen LogP contribution in [0.1, 0.15) is 18.1 Å². The van der Waals surface area contributed by atoms with Gasteiger partial charge in [-0.3, -0.25) is 0 Å². The molecule has 0 radical (unpaired) electrons. The lowest BCUT2D eigenvalue weighted by Gasteiger charge is -2.34. The lowest BCUT2D eigenvalue weighted by molar-refractivity contribution is -0.137. The average molecular weight is 474 g/mol. The maximum atomic E-state index is 14.3. The molecule has 2 N–H and O–H groups in total. The largest absolute Gasteiger partial charge is 0.416 e. The molecule has 0 saturated carbocycles. The SMILES string of the molecule is CC1COCCN1c1nc(N/N=C/c2ccc(Nc3cccc(C(F)(F)F)c3)cc2)ncc1F. The van der Waals surface area contributed by atoms with Crippen LogP contribution in [0.2, 0.25) is 0 Å². The number of alkyl halides is 3. The Morgan fingerprint density at radius 1 is 1.15 bits per heavy atom. The normalized spacial score (nSPS) is 16.6. The number of nitrogens with one attached hydrogen (secondary N) is 2. The van der Waals surface area contributed by atoms with Crippen molar-refractivity contribution in [1.29, 1.82) is 0 Å². The average Bonchev–Trinajstić information content (AvgIpc) is 2.81. The summed E-state index contributed by atoms with van der Waals surface area (Å²) in [5.74, 6) is -0.185. The molecule has 0 bridgehead atoms. The fourth-order valence-electron chi connectivity index (χ4n) is 3.41. The van der Waals surface area contributed by atoms with E-state index in [0.717, 1.165) is 23.9 Å². The van der Waals surface area contributed by atoms with Gasteiger partial charge in [0.2, 0.25) is 5.95 Å². The van der Waals surface area contributed by atoms with Crippen LogP contribution in [0, 0.1) is 5.82 Å². The second kappa shape index (κ2) is 10.0. The summed E-state index contributed by atoms with van der Waals surface area (Å²) in [6, 6.07) is 11.9. The number of hydrogen-bond donors (Lipinski definition) is 2. The van der Waals surface area contributed by atoms with Gasteiger partial charge in [0.25, 0.3) is 0 Å². The zero-order chi connectivity index (χ0) is 24.1. The molecule has 1 atom stereocenters. The van der Waals surface area contributed by atoms with E-state index in [1.807, 2.05) is 11.8 Å². The summed E-state index contributed by atoms with van der Waals surface area (Å²) in [7, 11) is 0. The number of hydrogen-bond acceptors (Lipinski definition) is 7. The fraction of sp³-hybridized carbons (Fsp3) is 0.261. The summed E-state index contributed by atoms with van der Waals surface area (Å²) >= 11 is 0. The van der Waals surface area contributed by atoms with Gasteiger partial charge in [-0.25, -0.2) is 14.8 Å². The number of morpholine rings is 1. The van der Waals surface area contributed by atoms with Crippen molar-refractivity contribution in [3.05, 3.63) is 71.7 Å². The maximum absolute atomic E-state index is 14.3. The van der Waals surface area contributed by atoms with Gasteiger partial charge in [-0.1, -0.05) is 18.2 Å². The van der Waals surface area contributed by atoms with Gasteiger partial charge in [0, 0.05) is 17.9 Å². The molecule has 0 amide bonds. The first-order valence-electron chi connectivity index (χ1n) is 10.5. The van der Waals surface area contributed by atoms with Crippen molar-refractivity contribution in [2.45, 2.75) is 19.1 Å². The summed E-state index contributed by atoms with van der Waals surface area (Å²) in [6.45, 7) is 3.44. The highest BCUT2D eigenvalue weighted by Crippen LogP contribution is 2.31. The minimum absolute atomic E-state index is 0.0161. The Bertz CT molecular complexity index is 1150. The van der Waals surface area contributed by atoms with Crippen LogP contribution < -0.4 is 15.6 Å². The number of halogens is 4. The molecule has 34 heavy (non-hydrogen) atoms. The molecular formula is C23H22F4N6O. The number of rotatable bonds is 6. The van der Waals surface area contributed by atoms with E-state index in [2.05, 4.69) is 25.8 Å². The van der Waals surface area contributed by atoms with Crippen LogP contribution in [0.15, 0.2) is 59.8 Å². The Hall–Kier alpha value is -3.73. The second-order valence-corrected chi connectivity index (χ2v) is 7.68. The molecule has 0 spiro atoms. The van der Waals surface area contributed by atoms with Crippen LogP contribution in [0.4, 0.5) is 40.7 Å². The first-order chi connectivity index (χ1) is 16.3. The van der Waals surface area contributed by atoms with Crippen molar-refractivity contribution in [3.63, 3.8) is 0 Å². The fourth-order valence-corrected chi connectivity index (χ4v) is 3.41. The van der Waals surface area contributed by atoms with E-state index in [0.29, 0.717) is 31.1 Å². The quantitative estimate of drug-likeness (QED) is 0.296. The van der Waals surface area contributed by atoms with E-state index in [4.69, 9.17) is 4.74 Å². The Morgan fingerprint density at radius 2 is 1.94 bits per heavy atom. The van der Waals surface area contributed by atoms with Crippen molar-refractivity contribution in [1.82, 2.24) is 9.97 Å². The van der Waals surface area contributed by atoms with Crippen molar-refractivity contribution in [3.8, 4) is 0 Å². The summed E-state index contributed by atoms with van der Waals surface area (Å²) in [6.07, 6.45) is -1.78. The van der Waals surface area contributed by atoms with Gasteiger partial charge in [-0.15, -0.1) is 0 Å². The molecule has 2 aromatic carbocycles. The molecule has 7 nitrogen and oxygen atoms in total. The standard InChI is InChI=1S/C23H22F4N6O/c1-15-14-34-10-9-33(15)21-20(24)13-28-22(31-21)32-29-12-16-5-7-18(8-6-16)30-19-4-2-3-17(11-19)23(25,26)27/h2-8,11-13,15,30H,9-10,14H2,1H3,(H,28,31,32)/b29-12+. The van der Waals surface area contributed by atoms with Gasteiger partial charge >= 0.3 is 6.18 Å². The van der Waals surface area contributed by atoms with Crippen LogP contribution in [-0.2, 0) is 10.9 Å². The van der Waals surface area contributed by atoms with Crippen molar-refractivity contribution in [2.75, 3.05) is 35.4 Å². The predicted molar refractivity (Wildman–Crippen MR) is 122 cm³/mol. The summed E-state index contributed by atoms with van der Waals surface area (Å²) in [5.41, 5.74) is 3.65. The smallest absolute Gasteiger partial charge is 0.377 e. The molecule has 1 unspecified atom stereocenters. The molecule has 1 fully saturated rings. The van der Waals surface area contributed by atoms with Crippen LogP contribution in [-0.4, -0.2) is 42.0 Å². The van der Waals surface area contributed by atoms with E-state index in [1.165, 1.54) is 12.3 Å². The highest BCUT2D eigenvalue weighted by molar-refractivity contribution is 5.81. The molecule has 4 rings (SSSR count). The zero-order valence-corrected chi connectivity index (χ0v) is 18.2. The highest BCUT2D eigenvalue weighted by Gasteiger charge is 2.30. The van der Waals surface area contributed by atoms with Gasteiger partial charge in [0.1, 0.15) is 0 Å².